The molecule has 5 nitrogen and oxygen atoms in total. The Balaban J connectivity index is 1.07. The van der Waals surface area contributed by atoms with E-state index in [0.717, 1.165) is 55.5 Å². The van der Waals surface area contributed by atoms with Crippen molar-refractivity contribution in [3.05, 3.63) is 197 Å². The molecule has 64 heavy (non-hydrogen) atoms. The van der Waals surface area contributed by atoms with E-state index in [1.807, 2.05) is 12.3 Å². The third-order valence-corrected chi connectivity index (χ3v) is 14.2. The summed E-state index contributed by atoms with van der Waals surface area (Å²) >= 11 is 2.53. The Kier molecular flexibility index (Phi) is 9.81. The van der Waals surface area contributed by atoms with Crippen molar-refractivity contribution in [2.45, 2.75) is 64.7 Å². The number of rotatable bonds is 7. The van der Waals surface area contributed by atoms with E-state index in [4.69, 9.17) is 9.72 Å². The standard InChI is InChI=1S/C58H50N4O.Pt/c1-57(2,3)42-33-47(39-18-8-6-9-19-39)56(48(34-42)40-20-10-7-11-21-40)61-38-60(51-25-12-13-26-52(51)61)43-23-16-24-44(35-43)63-45-28-29-46-49-32-41-22-17-30-58(4,5)50(41)37-54(49)62(53(46)36-45)55-27-14-15-31-59-55;/h6-16,18-21,23-29,31-37H,17,22,30H2,1-5H3;. The molecule has 0 aliphatic heterocycles. The fourth-order valence-corrected chi connectivity index (χ4v) is 11.0. The van der Waals surface area contributed by atoms with Gasteiger partial charge in [0.1, 0.15) is 0 Å². The van der Waals surface area contributed by atoms with Crippen LogP contribution in [0.3, 0.4) is 0 Å². The van der Waals surface area contributed by atoms with Crippen molar-refractivity contribution in [1.29, 1.82) is 0 Å². The molecule has 0 atom stereocenters. The molecule has 1 aliphatic carbocycles. The maximum atomic E-state index is 6.85. The predicted molar refractivity (Wildman–Crippen MR) is 260 cm³/mol. The van der Waals surface area contributed by atoms with Crippen molar-refractivity contribution in [3.8, 4) is 50.9 Å². The summed E-state index contributed by atoms with van der Waals surface area (Å²) in [5.74, 6) is 2.44. The predicted octanol–water partition coefficient (Wildman–Crippen LogP) is 15.0. The van der Waals surface area contributed by atoms with Gasteiger partial charge in [-0.25, -0.2) is 0 Å². The molecule has 0 saturated heterocycles. The molecule has 0 amide bonds. The zero-order chi connectivity index (χ0) is 43.7. The Bertz CT molecular complexity index is 3400. The number of fused-ring (bicyclic) bond motifs is 5. The number of hydrogen-bond acceptors (Lipinski definition) is 2. The second kappa shape index (κ2) is 15.6. The minimum atomic E-state index is -0.0613. The van der Waals surface area contributed by atoms with Crippen molar-refractivity contribution < 1.29 is 24.1 Å². The Labute approximate surface area is 385 Å². The van der Waals surface area contributed by atoms with Gasteiger partial charge in [-0.05, 0) is 41.9 Å². The molecule has 0 unspecified atom stereocenters. The van der Waals surface area contributed by atoms with E-state index in [-0.39, 0.29) is 10.8 Å². The van der Waals surface area contributed by atoms with Gasteiger partial charge in [-0.15, -0.1) is 0 Å². The summed E-state index contributed by atoms with van der Waals surface area (Å²) in [5, 5.41) is 2.46. The monoisotopic (exact) mass is 1010 g/mol. The zero-order valence-corrected chi connectivity index (χ0v) is 39.2. The zero-order valence-electron chi connectivity index (χ0n) is 36.9. The van der Waals surface area contributed by atoms with Gasteiger partial charge in [-0.2, -0.15) is 0 Å². The molecule has 318 valence electrons. The SMILES string of the molecule is CC(C)(C)c1cc(-c2ccccc2)c(-n2[c](=[Pt])n(-c3cccc(Oc4ccc5c6cc7c(cc6n(-c6ccccn6)c5c4)C(C)(C)CCC7)c3)c3ccccc32)c(-c2ccccc2)c1. The molecule has 11 rings (SSSR count). The van der Waals surface area contributed by atoms with Crippen LogP contribution in [-0.2, 0) is 36.6 Å². The van der Waals surface area contributed by atoms with E-state index in [1.54, 1.807) is 0 Å². The number of pyridine rings is 1. The number of hydrogen-bond donors (Lipinski definition) is 0. The van der Waals surface area contributed by atoms with E-state index in [1.165, 1.54) is 68.1 Å². The van der Waals surface area contributed by atoms with Crippen LogP contribution in [0.25, 0.3) is 72.3 Å². The first kappa shape index (κ1) is 40.2. The second-order valence-electron chi connectivity index (χ2n) is 18.9. The summed E-state index contributed by atoms with van der Waals surface area (Å²) in [6.07, 6.45) is 5.40. The summed E-state index contributed by atoms with van der Waals surface area (Å²) in [7, 11) is 0. The van der Waals surface area contributed by atoms with E-state index in [2.05, 4.69) is 231 Å². The van der Waals surface area contributed by atoms with Crippen LogP contribution in [0.1, 0.15) is 64.2 Å². The number of imidazole rings is 1. The molecule has 10 aromatic rings. The third kappa shape index (κ3) is 6.89. The minimum absolute atomic E-state index is 0.0613. The van der Waals surface area contributed by atoms with Crippen LogP contribution in [0.15, 0.2) is 176 Å². The molecule has 7 aromatic carbocycles. The summed E-state index contributed by atoms with van der Waals surface area (Å²) in [5.41, 5.74) is 15.7. The van der Waals surface area contributed by atoms with Crippen LogP contribution in [-0.4, -0.2) is 18.7 Å². The molecular formula is C58H50N4OPt. The number of benzene rings is 7. The van der Waals surface area contributed by atoms with Gasteiger partial charge in [0.15, 0.2) is 0 Å². The molecule has 0 fully saturated rings. The summed E-state index contributed by atoms with van der Waals surface area (Å²) < 4.78 is 15.0. The molecule has 6 heteroatoms. The normalized spacial score (nSPS) is 13.7. The molecular weight excluding hydrogens is 964 g/mol. The van der Waals surface area contributed by atoms with Gasteiger partial charge in [-0.3, -0.25) is 0 Å². The molecule has 3 aromatic heterocycles. The molecule has 0 bridgehead atoms. The third-order valence-electron chi connectivity index (χ3n) is 13.2. The van der Waals surface area contributed by atoms with E-state index < -0.39 is 0 Å². The van der Waals surface area contributed by atoms with Crippen molar-refractivity contribution in [1.82, 2.24) is 18.7 Å². The number of aromatic nitrogens is 4. The van der Waals surface area contributed by atoms with Crippen LogP contribution in [0.4, 0.5) is 0 Å². The van der Waals surface area contributed by atoms with Crippen molar-refractivity contribution in [2.75, 3.05) is 0 Å². The van der Waals surface area contributed by atoms with Crippen LogP contribution < -0.4 is 4.74 Å². The molecule has 1 aliphatic rings. The van der Waals surface area contributed by atoms with Gasteiger partial charge in [0.25, 0.3) is 0 Å². The second-order valence-corrected chi connectivity index (χ2v) is 19.9. The average molecular weight is 1010 g/mol. The molecule has 0 radical (unpaired) electrons. The Hall–Kier alpha value is -6.55. The summed E-state index contributed by atoms with van der Waals surface area (Å²) in [4.78, 5) is 4.86. The first-order valence-corrected chi connectivity index (χ1v) is 23.5. The Morgan fingerprint density at radius 1 is 0.578 bits per heavy atom. The van der Waals surface area contributed by atoms with Crippen molar-refractivity contribution in [2.24, 2.45) is 0 Å². The van der Waals surface area contributed by atoms with E-state index in [0.29, 0.717) is 0 Å². The summed E-state index contributed by atoms with van der Waals surface area (Å²) in [6.45, 7) is 11.7. The van der Waals surface area contributed by atoms with Crippen LogP contribution in [0.2, 0.25) is 0 Å². The first-order chi connectivity index (χ1) is 31.0. The summed E-state index contributed by atoms with van der Waals surface area (Å²) in [6, 6.07) is 61.2. The number of ether oxygens (including phenoxy) is 1. The van der Waals surface area contributed by atoms with Crippen molar-refractivity contribution >= 4 is 32.8 Å². The van der Waals surface area contributed by atoms with Gasteiger partial charge < -0.3 is 0 Å². The van der Waals surface area contributed by atoms with Crippen LogP contribution >= 0.6 is 0 Å². The van der Waals surface area contributed by atoms with Gasteiger partial charge in [0.2, 0.25) is 0 Å². The van der Waals surface area contributed by atoms with Crippen LogP contribution in [0.5, 0.6) is 11.5 Å². The number of aryl methyl sites for hydroxylation is 1. The number of para-hydroxylation sites is 2. The molecule has 0 spiro atoms. The fraction of sp³-hybridized carbons (Fsp3) is 0.172. The molecule has 0 N–H and O–H groups in total. The quantitative estimate of drug-likeness (QED) is 0.160. The van der Waals surface area contributed by atoms with Crippen LogP contribution in [0, 0.1) is 3.80 Å². The van der Waals surface area contributed by atoms with Gasteiger partial charge in [0, 0.05) is 6.20 Å². The van der Waals surface area contributed by atoms with Gasteiger partial charge in [0.05, 0.1) is 0 Å². The van der Waals surface area contributed by atoms with Crippen molar-refractivity contribution in [3.63, 3.8) is 0 Å². The maximum absolute atomic E-state index is 6.85. The van der Waals surface area contributed by atoms with Gasteiger partial charge >= 0.3 is 320 Å². The average Bonchev–Trinajstić information content (AvgIpc) is 3.78. The first-order valence-electron chi connectivity index (χ1n) is 22.3. The Morgan fingerprint density at radius 2 is 1.22 bits per heavy atom. The number of nitrogens with zero attached hydrogens (tertiary/aromatic N) is 4. The van der Waals surface area contributed by atoms with E-state index >= 15 is 0 Å². The van der Waals surface area contributed by atoms with Gasteiger partial charge in [-0.1, -0.05) is 19.9 Å². The Morgan fingerprint density at radius 3 is 1.89 bits per heavy atom. The fourth-order valence-electron chi connectivity index (χ4n) is 9.95. The molecule has 3 heterocycles. The topological polar surface area (TPSA) is 36.9 Å². The van der Waals surface area contributed by atoms with E-state index in [9.17, 15) is 0 Å². The molecule has 0 saturated carbocycles.